The standard InChI is InChI=1S/C19H18O6/c1-10-9-23-18(11(2)17(10)24-12(3)20)16-8-14-7-13(19(21)22-4)5-6-15(14)25-16/h5-8H,9H2,1-4H3. The Morgan fingerprint density at radius 2 is 1.92 bits per heavy atom. The van der Waals surface area contributed by atoms with Crippen LogP contribution in [-0.2, 0) is 19.0 Å². The maximum atomic E-state index is 11.7. The van der Waals surface area contributed by atoms with E-state index in [1.54, 1.807) is 24.3 Å². The summed E-state index contributed by atoms with van der Waals surface area (Å²) in [5.74, 6) is 0.723. The number of esters is 2. The molecule has 0 fully saturated rings. The first-order chi connectivity index (χ1) is 11.9. The molecule has 0 spiro atoms. The van der Waals surface area contributed by atoms with Gasteiger partial charge in [0.1, 0.15) is 17.9 Å². The van der Waals surface area contributed by atoms with E-state index in [2.05, 4.69) is 0 Å². The normalized spacial score (nSPS) is 14.6. The molecule has 0 saturated heterocycles. The van der Waals surface area contributed by atoms with Crippen molar-refractivity contribution in [1.29, 1.82) is 0 Å². The molecule has 6 nitrogen and oxygen atoms in total. The van der Waals surface area contributed by atoms with Crippen molar-refractivity contribution in [2.24, 2.45) is 0 Å². The summed E-state index contributed by atoms with van der Waals surface area (Å²) in [5.41, 5.74) is 2.58. The van der Waals surface area contributed by atoms with Gasteiger partial charge in [-0.1, -0.05) is 0 Å². The van der Waals surface area contributed by atoms with Crippen molar-refractivity contribution < 1.29 is 28.2 Å². The Kier molecular flexibility index (Phi) is 4.35. The van der Waals surface area contributed by atoms with Gasteiger partial charge in [-0.25, -0.2) is 4.79 Å². The van der Waals surface area contributed by atoms with Gasteiger partial charge in [0, 0.05) is 23.5 Å². The van der Waals surface area contributed by atoms with Crippen molar-refractivity contribution in [3.8, 4) is 0 Å². The molecule has 2 heterocycles. The summed E-state index contributed by atoms with van der Waals surface area (Å²) in [7, 11) is 1.34. The Hall–Kier alpha value is -3.02. The van der Waals surface area contributed by atoms with Crippen LogP contribution in [0.4, 0.5) is 0 Å². The van der Waals surface area contributed by atoms with Gasteiger partial charge in [-0.3, -0.25) is 4.79 Å². The van der Waals surface area contributed by atoms with Gasteiger partial charge in [-0.15, -0.1) is 0 Å². The van der Waals surface area contributed by atoms with E-state index in [9.17, 15) is 9.59 Å². The maximum absolute atomic E-state index is 11.7. The van der Waals surface area contributed by atoms with Gasteiger partial charge in [-0.05, 0) is 38.1 Å². The number of rotatable bonds is 3. The number of benzene rings is 1. The SMILES string of the molecule is COC(=O)c1ccc2oc(C3=C(C)C(OC(C)=O)=C(C)CO3)cc2c1. The van der Waals surface area contributed by atoms with Crippen LogP contribution in [0.1, 0.15) is 36.9 Å². The Balaban J connectivity index is 2.05. The molecule has 1 aromatic heterocycles. The Labute approximate surface area is 144 Å². The number of ether oxygens (including phenoxy) is 3. The van der Waals surface area contributed by atoms with Crippen molar-refractivity contribution in [1.82, 2.24) is 0 Å². The number of carbonyl (C=O) groups is 2. The summed E-state index contributed by atoms with van der Waals surface area (Å²) in [5, 5.41) is 0.752. The van der Waals surface area contributed by atoms with Crippen molar-refractivity contribution >= 4 is 28.7 Å². The smallest absolute Gasteiger partial charge is 0.337 e. The zero-order chi connectivity index (χ0) is 18.1. The number of carbonyl (C=O) groups excluding carboxylic acids is 2. The van der Waals surface area contributed by atoms with Gasteiger partial charge in [0.2, 0.25) is 0 Å². The van der Waals surface area contributed by atoms with Gasteiger partial charge in [0.25, 0.3) is 0 Å². The lowest BCUT2D eigenvalue weighted by molar-refractivity contribution is -0.136. The molecule has 25 heavy (non-hydrogen) atoms. The summed E-state index contributed by atoms with van der Waals surface area (Å²) in [4.78, 5) is 23.0. The van der Waals surface area contributed by atoms with E-state index in [1.165, 1.54) is 14.0 Å². The van der Waals surface area contributed by atoms with E-state index >= 15 is 0 Å². The fourth-order valence-corrected chi connectivity index (χ4v) is 2.74. The molecule has 1 aliphatic rings. The number of fused-ring (bicyclic) bond motifs is 1. The lowest BCUT2D eigenvalue weighted by atomic mass is 10.1. The second-order valence-electron chi connectivity index (χ2n) is 5.80. The van der Waals surface area contributed by atoms with Crippen LogP contribution < -0.4 is 0 Å². The molecule has 6 heteroatoms. The third-order valence-corrected chi connectivity index (χ3v) is 3.91. The summed E-state index contributed by atoms with van der Waals surface area (Å²) in [6.07, 6.45) is 0. The summed E-state index contributed by atoms with van der Waals surface area (Å²) in [6.45, 7) is 5.32. The maximum Gasteiger partial charge on any atom is 0.337 e. The molecule has 0 unspecified atom stereocenters. The highest BCUT2D eigenvalue weighted by atomic mass is 16.5. The molecule has 130 valence electrons. The average Bonchev–Trinajstić information content (AvgIpc) is 3.00. The molecular formula is C19H18O6. The monoisotopic (exact) mass is 342 g/mol. The second-order valence-corrected chi connectivity index (χ2v) is 5.80. The fraction of sp³-hybridized carbons (Fsp3) is 0.263. The van der Waals surface area contributed by atoms with Crippen LogP contribution in [0.3, 0.4) is 0 Å². The van der Waals surface area contributed by atoms with Crippen LogP contribution in [0.25, 0.3) is 16.7 Å². The van der Waals surface area contributed by atoms with Crippen molar-refractivity contribution in [3.05, 3.63) is 52.5 Å². The van der Waals surface area contributed by atoms with E-state index in [-0.39, 0.29) is 5.97 Å². The molecule has 0 N–H and O–H groups in total. The van der Waals surface area contributed by atoms with Gasteiger partial charge in [0.05, 0.1) is 12.7 Å². The molecule has 0 radical (unpaired) electrons. The predicted molar refractivity (Wildman–Crippen MR) is 90.6 cm³/mol. The van der Waals surface area contributed by atoms with E-state index in [4.69, 9.17) is 18.6 Å². The van der Waals surface area contributed by atoms with Crippen LogP contribution in [0.5, 0.6) is 0 Å². The molecular weight excluding hydrogens is 324 g/mol. The van der Waals surface area contributed by atoms with Crippen LogP contribution >= 0.6 is 0 Å². The Bertz CT molecular complexity index is 929. The molecule has 0 atom stereocenters. The molecule has 0 saturated carbocycles. The van der Waals surface area contributed by atoms with Crippen LogP contribution in [0.15, 0.2) is 45.6 Å². The highest BCUT2D eigenvalue weighted by molar-refractivity contribution is 5.94. The Morgan fingerprint density at radius 1 is 1.16 bits per heavy atom. The van der Waals surface area contributed by atoms with Gasteiger partial charge >= 0.3 is 11.9 Å². The van der Waals surface area contributed by atoms with Crippen LogP contribution in [0.2, 0.25) is 0 Å². The lowest BCUT2D eigenvalue weighted by Gasteiger charge is -2.21. The summed E-state index contributed by atoms with van der Waals surface area (Å²) < 4.78 is 21.6. The topological polar surface area (TPSA) is 75.0 Å². The summed E-state index contributed by atoms with van der Waals surface area (Å²) >= 11 is 0. The number of hydrogen-bond acceptors (Lipinski definition) is 6. The lowest BCUT2D eigenvalue weighted by Crippen LogP contribution is -2.13. The highest BCUT2D eigenvalue weighted by Crippen LogP contribution is 2.35. The van der Waals surface area contributed by atoms with Crippen molar-refractivity contribution in [3.63, 3.8) is 0 Å². The highest BCUT2D eigenvalue weighted by Gasteiger charge is 2.24. The van der Waals surface area contributed by atoms with Crippen molar-refractivity contribution in [2.45, 2.75) is 20.8 Å². The Morgan fingerprint density at radius 3 is 2.60 bits per heavy atom. The second kappa shape index (κ2) is 6.47. The number of methoxy groups -OCH3 is 1. The van der Waals surface area contributed by atoms with E-state index < -0.39 is 5.97 Å². The minimum absolute atomic E-state index is 0.305. The number of furan rings is 1. The third-order valence-electron chi connectivity index (χ3n) is 3.91. The third kappa shape index (κ3) is 3.15. The first kappa shape index (κ1) is 16.8. The molecule has 1 aliphatic heterocycles. The van der Waals surface area contributed by atoms with Crippen LogP contribution in [0, 0.1) is 0 Å². The molecule has 1 aromatic carbocycles. The number of allylic oxidation sites excluding steroid dienone is 1. The zero-order valence-corrected chi connectivity index (χ0v) is 14.5. The van der Waals surface area contributed by atoms with Gasteiger partial charge in [0.15, 0.2) is 11.5 Å². The number of hydrogen-bond donors (Lipinski definition) is 0. The molecule has 0 aliphatic carbocycles. The quantitative estimate of drug-likeness (QED) is 0.790. The van der Waals surface area contributed by atoms with Crippen molar-refractivity contribution in [2.75, 3.05) is 13.7 Å². The first-order valence-corrected chi connectivity index (χ1v) is 7.75. The van der Waals surface area contributed by atoms with Crippen LogP contribution in [-0.4, -0.2) is 25.7 Å². The van der Waals surface area contributed by atoms with E-state index in [1.807, 2.05) is 13.8 Å². The average molecular weight is 342 g/mol. The first-order valence-electron chi connectivity index (χ1n) is 7.75. The molecule has 2 aromatic rings. The minimum atomic E-state index is -0.412. The van der Waals surface area contributed by atoms with Gasteiger partial charge < -0.3 is 18.6 Å². The summed E-state index contributed by atoms with van der Waals surface area (Å²) in [6, 6.07) is 6.82. The zero-order valence-electron chi connectivity index (χ0n) is 14.5. The predicted octanol–water partition coefficient (Wildman–Crippen LogP) is 3.82. The van der Waals surface area contributed by atoms with E-state index in [0.29, 0.717) is 40.6 Å². The largest absolute Gasteiger partial charge is 0.485 e. The molecule has 3 rings (SSSR count). The molecule has 0 bridgehead atoms. The van der Waals surface area contributed by atoms with E-state index in [0.717, 1.165) is 11.0 Å². The fourth-order valence-electron chi connectivity index (χ4n) is 2.74. The minimum Gasteiger partial charge on any atom is -0.485 e. The molecule has 0 amide bonds. The van der Waals surface area contributed by atoms with Gasteiger partial charge in [-0.2, -0.15) is 0 Å².